The Morgan fingerprint density at radius 3 is 0.917 bits per heavy atom. The summed E-state index contributed by atoms with van der Waals surface area (Å²) in [7, 11) is 0. The van der Waals surface area contributed by atoms with Crippen molar-refractivity contribution < 1.29 is 10.2 Å². The van der Waals surface area contributed by atoms with Crippen LogP contribution >= 0.6 is 0 Å². The van der Waals surface area contributed by atoms with Crippen molar-refractivity contribution in [1.29, 1.82) is 0 Å². The van der Waals surface area contributed by atoms with Crippen molar-refractivity contribution in [2.45, 2.75) is 105 Å². The van der Waals surface area contributed by atoms with Gasteiger partial charge in [-0.25, -0.2) is 0 Å². The van der Waals surface area contributed by atoms with Crippen LogP contribution in [0.1, 0.15) is 116 Å². The molecule has 2 N–H and O–H groups in total. The minimum absolute atomic E-state index is 0.167. The fourth-order valence-corrected chi connectivity index (χ4v) is 4.20. The van der Waals surface area contributed by atoms with E-state index in [-0.39, 0.29) is 21.7 Å². The van der Waals surface area contributed by atoms with E-state index in [2.05, 4.69) is 93.1 Å². The Morgan fingerprint density at radius 2 is 0.722 bits per heavy atom. The van der Waals surface area contributed by atoms with Crippen molar-refractivity contribution in [2.75, 3.05) is 13.1 Å². The molecule has 0 amide bonds. The topological polar surface area (TPSA) is 65.2 Å². The highest BCUT2D eigenvalue weighted by molar-refractivity contribution is 5.82. The van der Waals surface area contributed by atoms with Gasteiger partial charge in [-0.05, 0) is 57.1 Å². The van der Waals surface area contributed by atoms with Crippen LogP contribution in [0.25, 0.3) is 0 Å². The van der Waals surface area contributed by atoms with Crippen molar-refractivity contribution in [3.8, 4) is 11.5 Å². The molecule has 0 aliphatic heterocycles. The average molecular weight is 493 g/mol. The molecule has 4 heteroatoms. The van der Waals surface area contributed by atoms with Gasteiger partial charge in [0.1, 0.15) is 11.5 Å². The highest BCUT2D eigenvalue weighted by Gasteiger charge is 2.27. The molecule has 198 valence electrons. The minimum Gasteiger partial charge on any atom is -0.507 e. The summed E-state index contributed by atoms with van der Waals surface area (Å²) < 4.78 is 0. The number of aromatic hydroxyl groups is 2. The highest BCUT2D eigenvalue weighted by atomic mass is 16.3. The maximum atomic E-state index is 10.9. The van der Waals surface area contributed by atoms with Gasteiger partial charge in [-0.3, -0.25) is 9.98 Å². The van der Waals surface area contributed by atoms with E-state index in [0.29, 0.717) is 24.6 Å². The standard InChI is InChI=1S/C32H48N2O2/c1-29(2,3)23-15-21(16-24(27(23)35)30(4,5)6)19-33-13-14-34-20-22-17-25(31(7,8)9)28(36)26(18-22)32(10,11)12/h15-20,35-36H,13-14H2,1-12H3. The Hall–Kier alpha value is -2.62. The molecule has 0 aliphatic carbocycles. The lowest BCUT2D eigenvalue weighted by molar-refractivity contribution is 0.422. The molecule has 36 heavy (non-hydrogen) atoms. The van der Waals surface area contributed by atoms with E-state index in [4.69, 9.17) is 0 Å². The monoisotopic (exact) mass is 492 g/mol. The Kier molecular flexibility index (Phi) is 8.55. The number of aliphatic imine (C=N–C) groups is 2. The summed E-state index contributed by atoms with van der Waals surface area (Å²) in [5, 5.41) is 21.8. The highest BCUT2D eigenvalue weighted by Crippen LogP contribution is 2.40. The maximum absolute atomic E-state index is 10.9. The molecule has 0 unspecified atom stereocenters. The van der Waals surface area contributed by atoms with Gasteiger partial charge in [0.05, 0.1) is 13.1 Å². The lowest BCUT2D eigenvalue weighted by Crippen LogP contribution is -2.18. The van der Waals surface area contributed by atoms with Crippen LogP contribution in [-0.4, -0.2) is 35.7 Å². The zero-order valence-corrected chi connectivity index (χ0v) is 24.7. The van der Waals surface area contributed by atoms with Crippen LogP contribution in [0, 0.1) is 0 Å². The number of hydrogen-bond donors (Lipinski definition) is 2. The summed E-state index contributed by atoms with van der Waals surface area (Å²) in [6.07, 6.45) is 3.77. The molecule has 0 saturated heterocycles. The third-order valence-corrected chi connectivity index (χ3v) is 6.34. The van der Waals surface area contributed by atoms with E-state index in [1.165, 1.54) is 0 Å². The van der Waals surface area contributed by atoms with E-state index < -0.39 is 0 Å². The Bertz CT molecular complexity index is 967. The van der Waals surface area contributed by atoms with E-state index >= 15 is 0 Å². The van der Waals surface area contributed by atoms with E-state index in [0.717, 1.165) is 33.4 Å². The molecule has 4 nitrogen and oxygen atoms in total. The van der Waals surface area contributed by atoms with Gasteiger partial charge >= 0.3 is 0 Å². The van der Waals surface area contributed by atoms with Gasteiger partial charge in [0.15, 0.2) is 0 Å². The summed E-state index contributed by atoms with van der Waals surface area (Å²) in [4.78, 5) is 9.23. The van der Waals surface area contributed by atoms with Crippen LogP contribution in [0.3, 0.4) is 0 Å². The first-order valence-electron chi connectivity index (χ1n) is 13.0. The molecule has 0 heterocycles. The second kappa shape index (κ2) is 10.4. The predicted octanol–water partition coefficient (Wildman–Crippen LogP) is 7.83. The number of hydrogen-bond acceptors (Lipinski definition) is 4. The quantitative estimate of drug-likeness (QED) is 0.330. The molecular formula is C32H48N2O2. The number of rotatable bonds is 5. The van der Waals surface area contributed by atoms with Crippen LogP contribution in [0.5, 0.6) is 11.5 Å². The van der Waals surface area contributed by atoms with Crippen molar-refractivity contribution in [3.05, 3.63) is 57.6 Å². The third kappa shape index (κ3) is 7.44. The zero-order chi connectivity index (χ0) is 27.7. The lowest BCUT2D eigenvalue weighted by atomic mass is 9.78. The lowest BCUT2D eigenvalue weighted by Gasteiger charge is -2.27. The Balaban J connectivity index is 2.24. The molecule has 0 bridgehead atoms. The van der Waals surface area contributed by atoms with E-state index in [9.17, 15) is 10.2 Å². The van der Waals surface area contributed by atoms with Crippen molar-refractivity contribution in [1.82, 2.24) is 0 Å². The van der Waals surface area contributed by atoms with Gasteiger partial charge in [0, 0.05) is 34.7 Å². The Morgan fingerprint density at radius 1 is 0.500 bits per heavy atom. The summed E-state index contributed by atoms with van der Waals surface area (Å²) in [5.74, 6) is 0.768. The van der Waals surface area contributed by atoms with Gasteiger partial charge < -0.3 is 10.2 Å². The number of phenols is 2. The van der Waals surface area contributed by atoms with Crippen LogP contribution in [0.2, 0.25) is 0 Å². The summed E-state index contributed by atoms with van der Waals surface area (Å²) in [5.41, 5.74) is 5.07. The summed E-state index contributed by atoms with van der Waals surface area (Å²) >= 11 is 0. The molecule has 0 aliphatic rings. The van der Waals surface area contributed by atoms with Gasteiger partial charge in [-0.1, -0.05) is 83.1 Å². The second-order valence-electron chi connectivity index (χ2n) is 14.0. The van der Waals surface area contributed by atoms with Gasteiger partial charge in [-0.2, -0.15) is 0 Å². The van der Waals surface area contributed by atoms with Crippen LogP contribution in [-0.2, 0) is 21.7 Å². The normalized spacial score (nSPS) is 13.8. The molecular weight excluding hydrogens is 444 g/mol. The predicted molar refractivity (Wildman–Crippen MR) is 156 cm³/mol. The smallest absolute Gasteiger partial charge is 0.123 e. The maximum Gasteiger partial charge on any atom is 0.123 e. The molecule has 0 atom stereocenters. The number of phenolic OH excluding ortho intramolecular Hbond substituents is 2. The molecule has 0 fully saturated rings. The zero-order valence-electron chi connectivity index (χ0n) is 24.7. The van der Waals surface area contributed by atoms with Gasteiger partial charge in [0.25, 0.3) is 0 Å². The fraction of sp³-hybridized carbons (Fsp3) is 0.562. The minimum atomic E-state index is -0.167. The summed E-state index contributed by atoms with van der Waals surface area (Å²) in [6.45, 7) is 26.5. The molecule has 0 spiro atoms. The number of nitrogens with zero attached hydrogens (tertiary/aromatic N) is 2. The molecule has 2 rings (SSSR count). The van der Waals surface area contributed by atoms with Crippen molar-refractivity contribution in [3.63, 3.8) is 0 Å². The Labute approximate surface area is 219 Å². The molecule has 2 aromatic carbocycles. The second-order valence-corrected chi connectivity index (χ2v) is 14.0. The van der Waals surface area contributed by atoms with E-state index in [1.807, 2.05) is 36.7 Å². The van der Waals surface area contributed by atoms with Crippen LogP contribution in [0.4, 0.5) is 0 Å². The van der Waals surface area contributed by atoms with Crippen LogP contribution in [0.15, 0.2) is 34.3 Å². The van der Waals surface area contributed by atoms with Gasteiger partial charge in [0.2, 0.25) is 0 Å². The molecule has 0 radical (unpaired) electrons. The van der Waals surface area contributed by atoms with Crippen LogP contribution < -0.4 is 0 Å². The molecule has 0 aromatic heterocycles. The van der Waals surface area contributed by atoms with Crippen molar-refractivity contribution in [2.24, 2.45) is 9.98 Å². The fourth-order valence-electron chi connectivity index (χ4n) is 4.20. The third-order valence-electron chi connectivity index (χ3n) is 6.34. The summed E-state index contributed by atoms with van der Waals surface area (Å²) in [6, 6.07) is 8.15. The average Bonchev–Trinajstić information content (AvgIpc) is 2.68. The largest absolute Gasteiger partial charge is 0.507 e. The SMILES string of the molecule is CC(C)(C)c1cc(C=NCCN=Cc2cc(C(C)(C)C)c(O)c(C(C)(C)C)c2)cc(C(C)(C)C)c1O. The van der Waals surface area contributed by atoms with Crippen molar-refractivity contribution >= 4 is 12.4 Å². The first-order chi connectivity index (χ1) is 16.2. The number of benzene rings is 2. The molecule has 0 saturated carbocycles. The first kappa shape index (κ1) is 29.6. The van der Waals surface area contributed by atoms with Gasteiger partial charge in [-0.15, -0.1) is 0 Å². The molecule has 2 aromatic rings. The first-order valence-corrected chi connectivity index (χ1v) is 13.0. The van der Waals surface area contributed by atoms with E-state index in [1.54, 1.807) is 0 Å².